The lowest BCUT2D eigenvalue weighted by atomic mass is 9.78. The van der Waals surface area contributed by atoms with E-state index in [0.29, 0.717) is 12.5 Å². The van der Waals surface area contributed by atoms with E-state index in [0.717, 1.165) is 37.9 Å². The van der Waals surface area contributed by atoms with Crippen molar-refractivity contribution < 1.29 is 18.9 Å². The molecule has 0 N–H and O–H groups in total. The minimum Gasteiger partial charge on any atom is -0.493 e. The standard InChI is InChI=1S/C22H26O4/c1-22(2,18-5-9-20(10-6-18)25-14-21-15-26-21)17-3-7-19(8-4-17)24-13-16-11-23-12-16/h3-10,16,21H,11-15H2,1-2H3. The van der Waals surface area contributed by atoms with E-state index in [1.807, 2.05) is 12.1 Å². The van der Waals surface area contributed by atoms with Crippen LogP contribution in [-0.2, 0) is 14.9 Å². The SMILES string of the molecule is CC(C)(c1ccc(OCC2COC2)cc1)c1ccc(OCC2CO2)cc1. The molecule has 2 aliphatic heterocycles. The molecule has 2 saturated heterocycles. The second-order valence-electron chi connectivity index (χ2n) is 7.65. The number of epoxide rings is 1. The third kappa shape index (κ3) is 4.02. The van der Waals surface area contributed by atoms with Gasteiger partial charge in [0, 0.05) is 11.3 Å². The van der Waals surface area contributed by atoms with Gasteiger partial charge in [0.15, 0.2) is 0 Å². The van der Waals surface area contributed by atoms with Crippen molar-refractivity contribution in [2.45, 2.75) is 25.4 Å². The van der Waals surface area contributed by atoms with Gasteiger partial charge in [0.2, 0.25) is 0 Å². The Kier molecular flexibility index (Phi) is 4.88. The van der Waals surface area contributed by atoms with Crippen molar-refractivity contribution in [2.75, 3.05) is 33.0 Å². The molecule has 2 aliphatic rings. The van der Waals surface area contributed by atoms with E-state index in [9.17, 15) is 0 Å². The molecule has 26 heavy (non-hydrogen) atoms. The number of hydrogen-bond acceptors (Lipinski definition) is 4. The summed E-state index contributed by atoms with van der Waals surface area (Å²) in [6, 6.07) is 16.8. The van der Waals surface area contributed by atoms with Crippen LogP contribution in [0.3, 0.4) is 0 Å². The largest absolute Gasteiger partial charge is 0.493 e. The molecule has 2 aromatic rings. The Morgan fingerprint density at radius 2 is 1.31 bits per heavy atom. The Balaban J connectivity index is 1.39. The summed E-state index contributed by atoms with van der Waals surface area (Å²) in [4.78, 5) is 0. The molecule has 2 aromatic carbocycles. The topological polar surface area (TPSA) is 40.2 Å². The summed E-state index contributed by atoms with van der Waals surface area (Å²) in [6.07, 6.45) is 0.281. The molecule has 0 spiro atoms. The average molecular weight is 354 g/mol. The molecule has 0 saturated carbocycles. The van der Waals surface area contributed by atoms with Gasteiger partial charge in [0.25, 0.3) is 0 Å². The lowest BCUT2D eigenvalue weighted by Crippen LogP contribution is -2.32. The average Bonchev–Trinajstić information content (AvgIpc) is 3.44. The van der Waals surface area contributed by atoms with Crippen molar-refractivity contribution in [1.29, 1.82) is 0 Å². The highest BCUT2D eigenvalue weighted by molar-refractivity contribution is 5.41. The van der Waals surface area contributed by atoms with Crippen LogP contribution >= 0.6 is 0 Å². The van der Waals surface area contributed by atoms with E-state index in [-0.39, 0.29) is 11.5 Å². The van der Waals surface area contributed by atoms with Crippen LogP contribution in [0.25, 0.3) is 0 Å². The summed E-state index contributed by atoms with van der Waals surface area (Å²) < 4.78 is 21.9. The van der Waals surface area contributed by atoms with E-state index < -0.39 is 0 Å². The van der Waals surface area contributed by atoms with Gasteiger partial charge in [-0.05, 0) is 35.4 Å². The fraction of sp³-hybridized carbons (Fsp3) is 0.455. The van der Waals surface area contributed by atoms with Gasteiger partial charge >= 0.3 is 0 Å². The van der Waals surface area contributed by atoms with Gasteiger partial charge in [-0.25, -0.2) is 0 Å². The highest BCUT2D eigenvalue weighted by atomic mass is 16.6. The molecule has 4 heteroatoms. The highest BCUT2D eigenvalue weighted by Crippen LogP contribution is 2.33. The maximum Gasteiger partial charge on any atom is 0.119 e. The Labute approximate surface area is 155 Å². The molecular formula is C22H26O4. The summed E-state index contributed by atoms with van der Waals surface area (Å²) in [6.45, 7) is 8.30. The fourth-order valence-corrected chi connectivity index (χ4v) is 3.05. The molecular weight excluding hydrogens is 328 g/mol. The zero-order valence-corrected chi connectivity index (χ0v) is 15.4. The zero-order chi connectivity index (χ0) is 18.0. The molecule has 0 radical (unpaired) electrons. The molecule has 0 aromatic heterocycles. The first-order valence-corrected chi connectivity index (χ1v) is 9.27. The van der Waals surface area contributed by atoms with Crippen molar-refractivity contribution in [3.8, 4) is 11.5 Å². The number of ether oxygens (including phenoxy) is 4. The first-order chi connectivity index (χ1) is 12.6. The lowest BCUT2D eigenvalue weighted by molar-refractivity contribution is -0.0508. The Bertz CT molecular complexity index is 713. The van der Waals surface area contributed by atoms with Crippen LogP contribution in [0.5, 0.6) is 11.5 Å². The third-order valence-electron chi connectivity index (χ3n) is 5.18. The molecule has 2 heterocycles. The molecule has 0 bridgehead atoms. The molecule has 2 fully saturated rings. The van der Waals surface area contributed by atoms with E-state index in [2.05, 4.69) is 50.2 Å². The molecule has 1 unspecified atom stereocenters. The van der Waals surface area contributed by atoms with Gasteiger partial charge in [0.05, 0.1) is 26.4 Å². The van der Waals surface area contributed by atoms with Gasteiger partial charge in [-0.2, -0.15) is 0 Å². The van der Waals surface area contributed by atoms with Crippen molar-refractivity contribution >= 4 is 0 Å². The second kappa shape index (κ2) is 7.29. The first kappa shape index (κ1) is 17.4. The third-order valence-corrected chi connectivity index (χ3v) is 5.18. The fourth-order valence-electron chi connectivity index (χ4n) is 3.05. The highest BCUT2D eigenvalue weighted by Gasteiger charge is 2.25. The smallest absolute Gasteiger partial charge is 0.119 e. The van der Waals surface area contributed by atoms with Crippen molar-refractivity contribution in [3.05, 3.63) is 59.7 Å². The summed E-state index contributed by atoms with van der Waals surface area (Å²) in [5, 5.41) is 0. The van der Waals surface area contributed by atoms with Crippen LogP contribution in [0.2, 0.25) is 0 Å². The summed E-state index contributed by atoms with van der Waals surface area (Å²) in [5.41, 5.74) is 2.43. The van der Waals surface area contributed by atoms with E-state index in [1.54, 1.807) is 0 Å². The quantitative estimate of drug-likeness (QED) is 0.676. The maximum atomic E-state index is 5.84. The van der Waals surface area contributed by atoms with Gasteiger partial charge in [0.1, 0.15) is 24.2 Å². The van der Waals surface area contributed by atoms with Gasteiger partial charge < -0.3 is 18.9 Å². The number of hydrogen-bond donors (Lipinski definition) is 0. The van der Waals surface area contributed by atoms with Crippen molar-refractivity contribution in [2.24, 2.45) is 5.92 Å². The zero-order valence-electron chi connectivity index (χ0n) is 15.4. The summed E-state index contributed by atoms with van der Waals surface area (Å²) in [7, 11) is 0. The van der Waals surface area contributed by atoms with E-state index in [4.69, 9.17) is 18.9 Å². The molecule has 4 nitrogen and oxygen atoms in total. The predicted octanol–water partition coefficient (Wildman–Crippen LogP) is 3.82. The minimum atomic E-state index is -0.0848. The van der Waals surface area contributed by atoms with E-state index >= 15 is 0 Å². The van der Waals surface area contributed by atoms with Gasteiger partial charge in [-0.1, -0.05) is 38.1 Å². The number of rotatable bonds is 8. The lowest BCUT2D eigenvalue weighted by Gasteiger charge is -2.27. The number of benzene rings is 2. The summed E-state index contributed by atoms with van der Waals surface area (Å²) in [5.74, 6) is 2.35. The van der Waals surface area contributed by atoms with Crippen molar-refractivity contribution in [1.82, 2.24) is 0 Å². The molecule has 138 valence electrons. The Hall–Kier alpha value is -2.04. The normalized spacial score (nSPS) is 19.7. The monoisotopic (exact) mass is 354 g/mol. The van der Waals surface area contributed by atoms with Crippen LogP contribution in [0.15, 0.2) is 48.5 Å². The molecule has 4 rings (SSSR count). The van der Waals surface area contributed by atoms with Crippen LogP contribution < -0.4 is 9.47 Å². The van der Waals surface area contributed by atoms with Crippen molar-refractivity contribution in [3.63, 3.8) is 0 Å². The van der Waals surface area contributed by atoms with Gasteiger partial charge in [-0.3, -0.25) is 0 Å². The van der Waals surface area contributed by atoms with Crippen LogP contribution in [0.1, 0.15) is 25.0 Å². The van der Waals surface area contributed by atoms with Crippen LogP contribution in [0, 0.1) is 5.92 Å². The van der Waals surface area contributed by atoms with Gasteiger partial charge in [-0.15, -0.1) is 0 Å². The first-order valence-electron chi connectivity index (χ1n) is 9.27. The summed E-state index contributed by atoms with van der Waals surface area (Å²) >= 11 is 0. The van der Waals surface area contributed by atoms with E-state index in [1.165, 1.54) is 11.1 Å². The maximum absolute atomic E-state index is 5.84. The predicted molar refractivity (Wildman–Crippen MR) is 100 cm³/mol. The minimum absolute atomic E-state index is 0.0848. The van der Waals surface area contributed by atoms with Crippen LogP contribution in [-0.4, -0.2) is 39.1 Å². The molecule has 1 atom stereocenters. The van der Waals surface area contributed by atoms with Crippen LogP contribution in [0.4, 0.5) is 0 Å². The molecule has 0 amide bonds. The Morgan fingerprint density at radius 1 is 0.808 bits per heavy atom. The Morgan fingerprint density at radius 3 is 1.73 bits per heavy atom. The molecule has 0 aliphatic carbocycles. The second-order valence-corrected chi connectivity index (χ2v) is 7.65.